The topological polar surface area (TPSA) is 86.2 Å². The van der Waals surface area contributed by atoms with E-state index in [4.69, 9.17) is 18.0 Å². The van der Waals surface area contributed by atoms with E-state index in [2.05, 4.69) is 70.5 Å². The molecule has 0 spiro atoms. The van der Waals surface area contributed by atoms with E-state index in [0.717, 1.165) is 52.8 Å². The average molecular weight is 582 g/mol. The number of nitrogens with zero attached hydrogens (tertiary/aromatic N) is 3. The maximum absolute atomic E-state index is 13.0. The number of aryl methyl sites for hydroxylation is 1. The molecule has 42 heavy (non-hydrogen) atoms. The van der Waals surface area contributed by atoms with Crippen molar-refractivity contribution in [2.75, 3.05) is 17.2 Å². The van der Waals surface area contributed by atoms with Crippen LogP contribution in [0.3, 0.4) is 0 Å². The fourth-order valence-electron chi connectivity index (χ4n) is 5.49. The average Bonchev–Trinajstić information content (AvgIpc) is 3.39. The molecule has 1 saturated carbocycles. The zero-order valence-electron chi connectivity index (χ0n) is 24.4. The maximum atomic E-state index is 13.0. The van der Waals surface area contributed by atoms with Crippen molar-refractivity contribution in [2.24, 2.45) is 12.5 Å². The van der Waals surface area contributed by atoms with Gasteiger partial charge >= 0.3 is 0 Å². The lowest BCUT2D eigenvalue weighted by molar-refractivity contribution is 0.128. The summed E-state index contributed by atoms with van der Waals surface area (Å²) < 4.78 is 1.60. The van der Waals surface area contributed by atoms with Crippen molar-refractivity contribution in [2.45, 2.75) is 52.1 Å². The molecule has 2 aromatic carbocycles. The van der Waals surface area contributed by atoms with Crippen LogP contribution in [0.25, 0.3) is 21.7 Å². The van der Waals surface area contributed by atoms with Crippen LogP contribution >= 0.6 is 11.6 Å². The van der Waals surface area contributed by atoms with Gasteiger partial charge in [-0.3, -0.25) is 14.8 Å². The van der Waals surface area contributed by atoms with Crippen LogP contribution in [0.5, 0.6) is 0 Å². The lowest BCUT2D eigenvalue weighted by atomic mass is 9.92. The van der Waals surface area contributed by atoms with Crippen LogP contribution in [0.4, 0.5) is 11.4 Å². The first-order valence-corrected chi connectivity index (χ1v) is 14.7. The predicted molar refractivity (Wildman–Crippen MR) is 172 cm³/mol. The first-order chi connectivity index (χ1) is 20.1. The molecule has 1 atom stereocenters. The van der Waals surface area contributed by atoms with Crippen molar-refractivity contribution in [3.63, 3.8) is 0 Å². The number of rotatable bonds is 7. The monoisotopic (exact) mass is 581 g/mol. The third-order valence-electron chi connectivity index (χ3n) is 8.04. The van der Waals surface area contributed by atoms with E-state index >= 15 is 0 Å². The number of hydrogen-bond donors (Lipinski definition) is 4. The Morgan fingerprint density at radius 2 is 2.00 bits per heavy atom. The van der Waals surface area contributed by atoms with E-state index in [9.17, 15) is 4.79 Å². The molecule has 0 radical (unpaired) electrons. The smallest absolute Gasteiger partial charge is 0.258 e. The summed E-state index contributed by atoms with van der Waals surface area (Å²) in [6.07, 6.45) is 15.1. The van der Waals surface area contributed by atoms with Crippen LogP contribution in [0, 0.1) is 17.8 Å². The van der Waals surface area contributed by atoms with Crippen molar-refractivity contribution in [3.8, 4) is 12.3 Å². The molecule has 1 fully saturated rings. The fourth-order valence-corrected chi connectivity index (χ4v) is 5.76. The van der Waals surface area contributed by atoms with Gasteiger partial charge in [-0.15, -0.1) is 12.0 Å². The van der Waals surface area contributed by atoms with Gasteiger partial charge in [0.2, 0.25) is 0 Å². The summed E-state index contributed by atoms with van der Waals surface area (Å²) >= 11 is 6.86. The molecule has 216 valence electrons. The second kappa shape index (κ2) is 10.9. The quantitative estimate of drug-likeness (QED) is 0.198. The van der Waals surface area contributed by atoms with Gasteiger partial charge in [0.15, 0.2) is 0 Å². The predicted octanol–water partition coefficient (Wildman–Crippen LogP) is 6.05. The van der Waals surface area contributed by atoms with Gasteiger partial charge in [0, 0.05) is 54.7 Å². The summed E-state index contributed by atoms with van der Waals surface area (Å²) in [7, 11) is 1.77. The van der Waals surface area contributed by atoms with Crippen LogP contribution in [0.1, 0.15) is 57.2 Å². The summed E-state index contributed by atoms with van der Waals surface area (Å²) in [5, 5.41) is 12.4. The molecule has 4 N–H and O–H groups in total. The third-order valence-corrected chi connectivity index (χ3v) is 8.33. The Bertz CT molecular complexity index is 1810. The van der Waals surface area contributed by atoms with Crippen molar-refractivity contribution in [3.05, 3.63) is 87.2 Å². The van der Waals surface area contributed by atoms with E-state index in [1.165, 1.54) is 6.42 Å². The number of hydrazine groups is 2. The molecule has 3 heterocycles. The van der Waals surface area contributed by atoms with E-state index in [0.29, 0.717) is 27.5 Å². The minimum atomic E-state index is -0.318. The fraction of sp³-hybridized carbons (Fsp3) is 0.333. The van der Waals surface area contributed by atoms with Crippen LogP contribution in [-0.4, -0.2) is 27.1 Å². The summed E-state index contributed by atoms with van der Waals surface area (Å²) in [6.45, 7) is 7.24. The molecule has 0 bridgehead atoms. The number of fused-ring (bicyclic) bond motifs is 2. The molecule has 9 heteroatoms. The Balaban J connectivity index is 1.48. The highest BCUT2D eigenvalue weighted by Gasteiger charge is 2.30. The molecule has 1 aliphatic carbocycles. The van der Waals surface area contributed by atoms with Crippen molar-refractivity contribution in [1.82, 2.24) is 25.5 Å². The zero-order valence-corrected chi connectivity index (χ0v) is 25.1. The Hall–Kier alpha value is -4.19. The van der Waals surface area contributed by atoms with Crippen molar-refractivity contribution < 1.29 is 0 Å². The number of anilines is 2. The Morgan fingerprint density at radius 3 is 2.71 bits per heavy atom. The second-order valence-electron chi connectivity index (χ2n) is 12.4. The maximum Gasteiger partial charge on any atom is 0.258 e. The Morgan fingerprint density at radius 1 is 1.19 bits per heavy atom. The van der Waals surface area contributed by atoms with Gasteiger partial charge < -0.3 is 20.6 Å². The van der Waals surface area contributed by atoms with Gasteiger partial charge in [0.1, 0.15) is 0 Å². The number of aromatic nitrogens is 2. The molecule has 0 amide bonds. The molecule has 0 unspecified atom stereocenters. The molecule has 2 aromatic heterocycles. The molecule has 8 nitrogen and oxygen atoms in total. The van der Waals surface area contributed by atoms with Gasteiger partial charge in [0.05, 0.1) is 33.5 Å². The first-order valence-electron chi connectivity index (χ1n) is 14.3. The van der Waals surface area contributed by atoms with Gasteiger partial charge in [0.25, 0.3) is 5.56 Å². The Labute approximate surface area is 251 Å². The van der Waals surface area contributed by atoms with Crippen molar-refractivity contribution in [1.29, 1.82) is 0 Å². The number of pyridine rings is 2. The summed E-state index contributed by atoms with van der Waals surface area (Å²) in [5.41, 5.74) is 11.6. The number of terminal acetylenes is 1. The lowest BCUT2D eigenvalue weighted by Crippen LogP contribution is -2.46. The van der Waals surface area contributed by atoms with Crippen molar-refractivity contribution >= 4 is 44.7 Å². The minimum absolute atomic E-state index is 0.0353. The van der Waals surface area contributed by atoms with E-state index in [1.54, 1.807) is 17.8 Å². The molecule has 6 rings (SSSR count). The normalized spacial score (nSPS) is 16.1. The van der Waals surface area contributed by atoms with Gasteiger partial charge in [-0.1, -0.05) is 50.4 Å². The van der Waals surface area contributed by atoms with Crippen LogP contribution in [0.2, 0.25) is 5.02 Å². The lowest BCUT2D eigenvalue weighted by Gasteiger charge is -2.33. The Kier molecular flexibility index (Phi) is 7.25. The second-order valence-corrected chi connectivity index (χ2v) is 12.8. The molecule has 2 aliphatic rings. The third kappa shape index (κ3) is 5.26. The van der Waals surface area contributed by atoms with Crippen LogP contribution in [-0.2, 0) is 7.05 Å². The summed E-state index contributed by atoms with van der Waals surface area (Å²) in [6, 6.07) is 11.9. The van der Waals surface area contributed by atoms with E-state index in [-0.39, 0.29) is 17.0 Å². The van der Waals surface area contributed by atoms with Gasteiger partial charge in [-0.05, 0) is 59.9 Å². The highest BCUT2D eigenvalue weighted by Crippen LogP contribution is 2.38. The molecular weight excluding hydrogens is 546 g/mol. The van der Waals surface area contributed by atoms with E-state index in [1.807, 2.05) is 36.5 Å². The highest BCUT2D eigenvalue weighted by molar-refractivity contribution is 6.35. The largest absolute Gasteiger partial charge is 0.383 e. The van der Waals surface area contributed by atoms with Crippen LogP contribution < -0.4 is 27.2 Å². The number of benzene rings is 2. The molecule has 1 aliphatic heterocycles. The van der Waals surface area contributed by atoms with Gasteiger partial charge in [-0.25, -0.2) is 0 Å². The molecular formula is C33H36ClN7O. The molecule has 4 aromatic rings. The number of hydrogen-bond acceptors (Lipinski definition) is 7. The SMILES string of the molecule is C#Cc1cnc2c(Cl)cc(N[C@H](C3=CN(C4CCC4)NN3)c3cccc4c(=O)n(C)ccc34)cc2c1NCC(C)(C)C. The summed E-state index contributed by atoms with van der Waals surface area (Å²) in [5.74, 6) is 2.78. The standard InChI is InChI=1S/C33H36ClN7O/c1-6-20-17-35-30-26(29(20)36-19-33(2,3)4)15-21(16-27(30)34)37-31(28-18-41(39-38-28)22-9-7-10-22)24-11-8-12-25-23(24)13-14-40(5)32(25)42/h1,8,11-18,22,31,37-39H,7,9-10,19H2,2-5H3,(H,35,36)/t31-/m0/s1. The first kappa shape index (κ1) is 28.0. The number of halogens is 1. The molecule has 0 saturated heterocycles. The van der Waals surface area contributed by atoms with Crippen LogP contribution in [0.15, 0.2) is 65.5 Å². The van der Waals surface area contributed by atoms with E-state index < -0.39 is 0 Å². The zero-order chi connectivity index (χ0) is 29.6. The number of nitrogens with one attached hydrogen (secondary N) is 4. The summed E-state index contributed by atoms with van der Waals surface area (Å²) in [4.78, 5) is 17.6. The minimum Gasteiger partial charge on any atom is -0.383 e. The highest BCUT2D eigenvalue weighted by atomic mass is 35.5. The van der Waals surface area contributed by atoms with Gasteiger partial charge in [-0.2, -0.15) is 0 Å².